The Bertz CT molecular complexity index is 550. The van der Waals surface area contributed by atoms with Gasteiger partial charge in [-0.15, -0.1) is 0 Å². The summed E-state index contributed by atoms with van der Waals surface area (Å²) < 4.78 is 15.9. The Labute approximate surface area is 104 Å². The molecule has 2 aromatic rings. The van der Waals surface area contributed by atoms with Crippen LogP contribution in [0.25, 0.3) is 12.2 Å². The smallest absolute Gasteiger partial charge is 0.250 e. The zero-order chi connectivity index (χ0) is 12.4. The largest absolute Gasteiger partial charge is 0.462 e. The number of nitrogens with zero attached hydrogens (tertiary/aromatic N) is 2. The third-order valence-electron chi connectivity index (χ3n) is 2.90. The van der Waals surface area contributed by atoms with Crippen LogP contribution in [0.1, 0.15) is 35.6 Å². The molecule has 0 amide bonds. The second-order valence-corrected chi connectivity index (χ2v) is 4.33. The number of furan rings is 1. The average molecular weight is 246 g/mol. The van der Waals surface area contributed by atoms with Gasteiger partial charge in [0.1, 0.15) is 11.5 Å². The molecule has 3 heterocycles. The van der Waals surface area contributed by atoms with Crippen LogP contribution in [0.5, 0.6) is 0 Å². The molecule has 0 saturated carbocycles. The molecule has 0 radical (unpaired) electrons. The van der Waals surface area contributed by atoms with Crippen LogP contribution in [0.15, 0.2) is 21.1 Å². The number of ether oxygens (including phenoxy) is 1. The summed E-state index contributed by atoms with van der Waals surface area (Å²) in [6.45, 7) is 3.36. The highest BCUT2D eigenvalue weighted by Gasteiger charge is 2.22. The first-order valence-corrected chi connectivity index (χ1v) is 5.97. The van der Waals surface area contributed by atoms with Crippen molar-refractivity contribution in [2.75, 3.05) is 13.2 Å². The van der Waals surface area contributed by atoms with Crippen molar-refractivity contribution in [1.29, 1.82) is 0 Å². The fraction of sp³-hybridized carbons (Fsp3) is 0.385. The van der Waals surface area contributed by atoms with Gasteiger partial charge in [-0.05, 0) is 31.6 Å². The van der Waals surface area contributed by atoms with E-state index in [9.17, 15) is 0 Å². The molecule has 5 nitrogen and oxygen atoms in total. The van der Waals surface area contributed by atoms with E-state index in [1.807, 2.05) is 25.1 Å². The maximum Gasteiger partial charge on any atom is 0.250 e. The summed E-state index contributed by atoms with van der Waals surface area (Å²) in [7, 11) is 0. The minimum absolute atomic E-state index is 0.266. The van der Waals surface area contributed by atoms with Gasteiger partial charge in [-0.1, -0.05) is 5.16 Å². The molecule has 1 saturated heterocycles. The predicted molar refractivity (Wildman–Crippen MR) is 64.8 cm³/mol. The van der Waals surface area contributed by atoms with Crippen LogP contribution in [0, 0.1) is 6.92 Å². The maximum atomic E-state index is 5.42. The van der Waals surface area contributed by atoms with Gasteiger partial charge in [0, 0.05) is 18.6 Å². The lowest BCUT2D eigenvalue weighted by molar-refractivity contribution is 0.192. The first-order chi connectivity index (χ1) is 8.81. The number of aromatic nitrogens is 2. The molecular formula is C13H14N2O3. The molecule has 2 aromatic heterocycles. The van der Waals surface area contributed by atoms with Crippen LogP contribution in [-0.2, 0) is 4.74 Å². The van der Waals surface area contributed by atoms with Gasteiger partial charge in [0.15, 0.2) is 5.82 Å². The topological polar surface area (TPSA) is 61.3 Å². The number of hydrogen-bond donors (Lipinski definition) is 0. The highest BCUT2D eigenvalue weighted by atomic mass is 16.5. The van der Waals surface area contributed by atoms with Gasteiger partial charge in [-0.25, -0.2) is 0 Å². The first-order valence-electron chi connectivity index (χ1n) is 5.97. The zero-order valence-electron chi connectivity index (χ0n) is 10.1. The average Bonchev–Trinajstić information content (AvgIpc) is 3.07. The third-order valence-corrected chi connectivity index (χ3v) is 2.90. The zero-order valence-corrected chi connectivity index (χ0v) is 10.1. The van der Waals surface area contributed by atoms with Crippen molar-refractivity contribution in [3.05, 3.63) is 35.4 Å². The number of aryl methyl sites for hydroxylation is 1. The summed E-state index contributed by atoms with van der Waals surface area (Å²) in [5, 5.41) is 3.97. The quantitative estimate of drug-likeness (QED) is 0.833. The molecule has 18 heavy (non-hydrogen) atoms. The Kier molecular flexibility index (Phi) is 2.98. The van der Waals surface area contributed by atoms with Crippen molar-refractivity contribution in [2.45, 2.75) is 19.3 Å². The lowest BCUT2D eigenvalue weighted by atomic mass is 10.1. The fourth-order valence-corrected chi connectivity index (χ4v) is 1.92. The summed E-state index contributed by atoms with van der Waals surface area (Å²) in [4.78, 5) is 4.33. The van der Waals surface area contributed by atoms with Crippen LogP contribution in [0.2, 0.25) is 0 Å². The Hall–Kier alpha value is -1.88. The van der Waals surface area contributed by atoms with E-state index in [1.54, 1.807) is 6.08 Å². The van der Waals surface area contributed by atoms with Gasteiger partial charge in [0.05, 0.1) is 6.61 Å². The Morgan fingerprint density at radius 2 is 2.28 bits per heavy atom. The van der Waals surface area contributed by atoms with E-state index in [4.69, 9.17) is 13.7 Å². The number of rotatable bonds is 3. The van der Waals surface area contributed by atoms with Crippen molar-refractivity contribution in [2.24, 2.45) is 0 Å². The van der Waals surface area contributed by atoms with Crippen LogP contribution >= 0.6 is 0 Å². The monoisotopic (exact) mass is 246 g/mol. The third kappa shape index (κ3) is 2.36. The molecule has 0 aliphatic carbocycles. The lowest BCUT2D eigenvalue weighted by Crippen LogP contribution is -1.99. The Balaban J connectivity index is 1.71. The molecule has 0 N–H and O–H groups in total. The van der Waals surface area contributed by atoms with Gasteiger partial charge >= 0.3 is 0 Å². The molecule has 1 aliphatic rings. The van der Waals surface area contributed by atoms with Crippen LogP contribution < -0.4 is 0 Å². The fourth-order valence-electron chi connectivity index (χ4n) is 1.92. The van der Waals surface area contributed by atoms with Gasteiger partial charge < -0.3 is 13.7 Å². The van der Waals surface area contributed by atoms with Crippen molar-refractivity contribution in [1.82, 2.24) is 10.1 Å². The molecular weight excluding hydrogens is 232 g/mol. The molecule has 1 atom stereocenters. The van der Waals surface area contributed by atoms with Gasteiger partial charge in [0.25, 0.3) is 5.89 Å². The molecule has 0 aromatic carbocycles. The summed E-state index contributed by atoms with van der Waals surface area (Å²) in [5.41, 5.74) is 0. The summed E-state index contributed by atoms with van der Waals surface area (Å²) in [6, 6.07) is 3.81. The summed E-state index contributed by atoms with van der Waals surface area (Å²) >= 11 is 0. The van der Waals surface area contributed by atoms with E-state index < -0.39 is 0 Å². The van der Waals surface area contributed by atoms with Crippen molar-refractivity contribution >= 4 is 12.2 Å². The molecule has 1 aliphatic heterocycles. The van der Waals surface area contributed by atoms with Crippen LogP contribution in [0.4, 0.5) is 0 Å². The molecule has 1 unspecified atom stereocenters. The Morgan fingerprint density at radius 3 is 3.00 bits per heavy atom. The van der Waals surface area contributed by atoms with E-state index >= 15 is 0 Å². The molecule has 3 rings (SSSR count). The normalized spacial score (nSPS) is 19.9. The van der Waals surface area contributed by atoms with Gasteiger partial charge in [-0.2, -0.15) is 4.98 Å². The standard InChI is InChI=1S/C13H14N2O3/c1-9-2-3-11(17-9)4-5-12-14-13(15-18-12)10-6-7-16-8-10/h2-5,10H,6-8H2,1H3/b5-4+. The highest BCUT2D eigenvalue weighted by molar-refractivity contribution is 5.62. The first kappa shape index (κ1) is 11.2. The van der Waals surface area contributed by atoms with E-state index in [1.165, 1.54) is 0 Å². The molecule has 0 spiro atoms. The van der Waals surface area contributed by atoms with Crippen molar-refractivity contribution < 1.29 is 13.7 Å². The van der Waals surface area contributed by atoms with Crippen LogP contribution in [-0.4, -0.2) is 23.4 Å². The molecule has 0 bridgehead atoms. The Morgan fingerprint density at radius 1 is 1.33 bits per heavy atom. The van der Waals surface area contributed by atoms with Gasteiger partial charge in [0.2, 0.25) is 0 Å². The maximum absolute atomic E-state index is 5.42. The van der Waals surface area contributed by atoms with Gasteiger partial charge in [-0.3, -0.25) is 0 Å². The minimum Gasteiger partial charge on any atom is -0.462 e. The van der Waals surface area contributed by atoms with Crippen molar-refractivity contribution in [3.63, 3.8) is 0 Å². The minimum atomic E-state index is 0.266. The molecule has 5 heteroatoms. The second kappa shape index (κ2) is 4.78. The second-order valence-electron chi connectivity index (χ2n) is 4.33. The number of hydrogen-bond acceptors (Lipinski definition) is 5. The SMILES string of the molecule is Cc1ccc(/C=C/c2nc(C3CCOC3)no2)o1. The van der Waals surface area contributed by atoms with E-state index in [2.05, 4.69) is 10.1 Å². The summed E-state index contributed by atoms with van der Waals surface area (Å²) in [5.74, 6) is 3.14. The molecule has 94 valence electrons. The van der Waals surface area contributed by atoms with Crippen molar-refractivity contribution in [3.8, 4) is 0 Å². The lowest BCUT2D eigenvalue weighted by Gasteiger charge is -1.97. The van der Waals surface area contributed by atoms with E-state index in [0.717, 1.165) is 30.4 Å². The van der Waals surface area contributed by atoms with E-state index in [0.29, 0.717) is 12.5 Å². The summed E-state index contributed by atoms with van der Waals surface area (Å²) in [6.07, 6.45) is 4.53. The van der Waals surface area contributed by atoms with Crippen LogP contribution in [0.3, 0.4) is 0 Å². The van der Waals surface area contributed by atoms with E-state index in [-0.39, 0.29) is 5.92 Å². The highest BCUT2D eigenvalue weighted by Crippen LogP contribution is 2.22. The predicted octanol–water partition coefficient (Wildman–Crippen LogP) is 2.65. The molecule has 1 fully saturated rings.